The van der Waals surface area contributed by atoms with Gasteiger partial charge in [-0.3, -0.25) is 9.69 Å². The molecule has 2 atom stereocenters. The van der Waals surface area contributed by atoms with Crippen molar-refractivity contribution in [1.82, 2.24) is 10.2 Å². The third-order valence-electron chi connectivity index (χ3n) is 5.32. The third-order valence-corrected chi connectivity index (χ3v) is 5.32. The molecular formula is C19H30ClN3O2. The number of halogens is 1. The first kappa shape index (κ1) is 20.0. The first-order valence-corrected chi connectivity index (χ1v) is 8.91. The highest BCUT2D eigenvalue weighted by Crippen LogP contribution is 2.31. The molecule has 5 nitrogen and oxygen atoms in total. The molecule has 2 aliphatic heterocycles. The molecule has 1 amide bonds. The molecule has 1 aromatic rings. The lowest BCUT2D eigenvalue weighted by atomic mass is 9.89. The van der Waals surface area contributed by atoms with Gasteiger partial charge in [0, 0.05) is 13.1 Å². The number of hydrogen-bond acceptors (Lipinski definition) is 4. The Kier molecular flexibility index (Phi) is 6.72. The normalized spacial score (nSPS) is 26.3. The molecule has 0 aliphatic carbocycles. The smallest absolute Gasteiger partial charge is 0.241 e. The van der Waals surface area contributed by atoms with Crippen molar-refractivity contribution in [1.29, 1.82) is 0 Å². The summed E-state index contributed by atoms with van der Waals surface area (Å²) in [7, 11) is 1.64. The van der Waals surface area contributed by atoms with Crippen molar-refractivity contribution < 1.29 is 9.53 Å². The van der Waals surface area contributed by atoms with Gasteiger partial charge in [0.25, 0.3) is 0 Å². The predicted molar refractivity (Wildman–Crippen MR) is 104 cm³/mol. The number of likely N-dealkylation sites (tertiary alicyclic amines) is 1. The lowest BCUT2D eigenvalue weighted by Crippen LogP contribution is -2.45. The van der Waals surface area contributed by atoms with Crippen molar-refractivity contribution in [2.24, 2.45) is 5.41 Å². The summed E-state index contributed by atoms with van der Waals surface area (Å²) in [6.45, 7) is 8.47. The number of benzene rings is 1. The van der Waals surface area contributed by atoms with Gasteiger partial charge < -0.3 is 15.4 Å². The highest BCUT2D eigenvalue weighted by atomic mass is 35.5. The molecule has 1 aromatic carbocycles. The van der Waals surface area contributed by atoms with E-state index < -0.39 is 0 Å². The maximum Gasteiger partial charge on any atom is 0.241 e. The molecule has 6 heteroatoms. The van der Waals surface area contributed by atoms with Crippen molar-refractivity contribution in [3.05, 3.63) is 23.8 Å². The number of rotatable bonds is 5. The van der Waals surface area contributed by atoms with Crippen molar-refractivity contribution in [2.45, 2.75) is 39.2 Å². The maximum atomic E-state index is 12.9. The van der Waals surface area contributed by atoms with Crippen molar-refractivity contribution >= 4 is 24.0 Å². The van der Waals surface area contributed by atoms with Gasteiger partial charge in [0.1, 0.15) is 5.75 Å². The van der Waals surface area contributed by atoms with E-state index >= 15 is 0 Å². The topological polar surface area (TPSA) is 53.6 Å². The van der Waals surface area contributed by atoms with Gasteiger partial charge in [-0.25, -0.2) is 0 Å². The van der Waals surface area contributed by atoms with Crippen LogP contribution in [0, 0.1) is 12.3 Å². The molecule has 0 saturated carbocycles. The van der Waals surface area contributed by atoms with Gasteiger partial charge in [-0.2, -0.15) is 0 Å². The number of nitrogens with one attached hydrogen (secondary N) is 2. The van der Waals surface area contributed by atoms with Crippen molar-refractivity contribution in [3.63, 3.8) is 0 Å². The van der Waals surface area contributed by atoms with E-state index in [0.29, 0.717) is 5.75 Å². The molecule has 0 aromatic heterocycles. The lowest BCUT2D eigenvalue weighted by molar-refractivity contribution is -0.120. The molecule has 140 valence electrons. The number of nitrogens with zero attached hydrogens (tertiary/aromatic N) is 1. The van der Waals surface area contributed by atoms with Gasteiger partial charge in [-0.1, -0.05) is 13.0 Å². The fraction of sp³-hybridized carbons (Fsp3) is 0.632. The zero-order valence-corrected chi connectivity index (χ0v) is 16.2. The van der Waals surface area contributed by atoms with Crippen LogP contribution in [0.4, 0.5) is 5.69 Å². The SMILES string of the molecule is COc1ccc(C)cc1NC(=O)C1CCCN1CC1(C)CCNC1.Cl. The van der Waals surface area contributed by atoms with Crippen LogP contribution in [0.5, 0.6) is 5.75 Å². The summed E-state index contributed by atoms with van der Waals surface area (Å²) in [6, 6.07) is 5.83. The average molecular weight is 368 g/mol. The highest BCUT2D eigenvalue weighted by molar-refractivity contribution is 5.96. The number of hydrogen-bond donors (Lipinski definition) is 2. The van der Waals surface area contributed by atoms with Gasteiger partial charge in [-0.15, -0.1) is 12.4 Å². The summed E-state index contributed by atoms with van der Waals surface area (Å²) < 4.78 is 5.38. The number of carbonyl (C=O) groups is 1. The van der Waals surface area contributed by atoms with E-state index in [1.54, 1.807) is 7.11 Å². The van der Waals surface area contributed by atoms with E-state index in [9.17, 15) is 4.79 Å². The largest absolute Gasteiger partial charge is 0.495 e. The Bertz CT molecular complexity index is 602. The van der Waals surface area contributed by atoms with E-state index in [1.165, 1.54) is 6.42 Å². The van der Waals surface area contributed by atoms with Crippen LogP contribution in [0.25, 0.3) is 0 Å². The molecule has 2 aliphatic rings. The number of amides is 1. The van der Waals surface area contributed by atoms with Crippen molar-refractivity contribution in [2.75, 3.05) is 38.6 Å². The second-order valence-corrected chi connectivity index (χ2v) is 7.56. The van der Waals surface area contributed by atoms with Crippen LogP contribution in [0.3, 0.4) is 0 Å². The van der Waals surface area contributed by atoms with Crippen LogP contribution in [-0.2, 0) is 4.79 Å². The maximum absolute atomic E-state index is 12.9. The van der Waals surface area contributed by atoms with Gasteiger partial charge in [-0.05, 0) is 62.4 Å². The Morgan fingerprint density at radius 3 is 2.96 bits per heavy atom. The van der Waals surface area contributed by atoms with Gasteiger partial charge in [0.05, 0.1) is 18.8 Å². The van der Waals surface area contributed by atoms with Crippen LogP contribution in [-0.4, -0.2) is 50.1 Å². The van der Waals surface area contributed by atoms with E-state index in [2.05, 4.69) is 22.5 Å². The summed E-state index contributed by atoms with van der Waals surface area (Å²) >= 11 is 0. The first-order chi connectivity index (χ1) is 11.5. The summed E-state index contributed by atoms with van der Waals surface area (Å²) in [6.07, 6.45) is 3.21. The molecule has 2 unspecified atom stereocenters. The standard InChI is InChI=1S/C19H29N3O2.ClH/c1-14-6-7-17(24-3)15(11-14)21-18(23)16-5-4-10-22(16)13-19(2)8-9-20-12-19;/h6-7,11,16,20H,4-5,8-10,12-13H2,1-3H3,(H,21,23);1H. The zero-order chi connectivity index (χ0) is 17.2. The summed E-state index contributed by atoms with van der Waals surface area (Å²) in [5.74, 6) is 0.802. The molecule has 2 saturated heterocycles. The fourth-order valence-electron chi connectivity index (χ4n) is 3.94. The Labute approximate surface area is 156 Å². The van der Waals surface area contributed by atoms with Crippen LogP contribution in [0.2, 0.25) is 0 Å². The summed E-state index contributed by atoms with van der Waals surface area (Å²) in [5.41, 5.74) is 2.16. The second-order valence-electron chi connectivity index (χ2n) is 7.56. The molecule has 2 heterocycles. The molecule has 0 spiro atoms. The number of ether oxygens (including phenoxy) is 1. The zero-order valence-electron chi connectivity index (χ0n) is 15.4. The van der Waals surface area contributed by atoms with E-state index in [1.807, 2.05) is 25.1 Å². The Morgan fingerprint density at radius 1 is 1.48 bits per heavy atom. The van der Waals surface area contributed by atoms with E-state index in [-0.39, 0.29) is 29.8 Å². The third kappa shape index (κ3) is 4.66. The number of methoxy groups -OCH3 is 1. The number of carbonyl (C=O) groups excluding carboxylic acids is 1. The van der Waals surface area contributed by atoms with Crippen LogP contribution < -0.4 is 15.4 Å². The predicted octanol–water partition coefficient (Wildman–Crippen LogP) is 2.83. The molecule has 2 fully saturated rings. The molecule has 2 N–H and O–H groups in total. The Morgan fingerprint density at radius 2 is 2.28 bits per heavy atom. The van der Waals surface area contributed by atoms with Crippen molar-refractivity contribution in [3.8, 4) is 5.75 Å². The van der Waals surface area contributed by atoms with E-state index in [4.69, 9.17) is 4.74 Å². The van der Waals surface area contributed by atoms with Crippen LogP contribution in [0.1, 0.15) is 31.7 Å². The average Bonchev–Trinajstić information content (AvgIpc) is 3.17. The molecular weight excluding hydrogens is 338 g/mol. The highest BCUT2D eigenvalue weighted by Gasteiger charge is 2.37. The minimum atomic E-state index is -0.0346. The molecule has 3 rings (SSSR count). The second kappa shape index (κ2) is 8.39. The van der Waals surface area contributed by atoms with Crippen LogP contribution >= 0.6 is 12.4 Å². The molecule has 0 bridgehead atoms. The quantitative estimate of drug-likeness (QED) is 0.840. The van der Waals surface area contributed by atoms with Gasteiger partial charge >= 0.3 is 0 Å². The van der Waals surface area contributed by atoms with Gasteiger partial charge in [0.15, 0.2) is 0 Å². The molecule has 25 heavy (non-hydrogen) atoms. The summed E-state index contributed by atoms with van der Waals surface area (Å²) in [4.78, 5) is 15.2. The monoisotopic (exact) mass is 367 g/mol. The lowest BCUT2D eigenvalue weighted by Gasteiger charge is -2.32. The number of anilines is 1. The minimum absolute atomic E-state index is 0. The van der Waals surface area contributed by atoms with Crippen LogP contribution in [0.15, 0.2) is 18.2 Å². The van der Waals surface area contributed by atoms with Gasteiger partial charge in [0.2, 0.25) is 5.91 Å². The summed E-state index contributed by atoms with van der Waals surface area (Å²) in [5, 5.41) is 6.54. The van der Waals surface area contributed by atoms with E-state index in [0.717, 1.165) is 50.3 Å². The first-order valence-electron chi connectivity index (χ1n) is 8.91. The number of aryl methyl sites for hydroxylation is 1. The Balaban J connectivity index is 0.00000225. The fourth-order valence-corrected chi connectivity index (χ4v) is 3.94. The minimum Gasteiger partial charge on any atom is -0.495 e. The Hall–Kier alpha value is -1.30. The molecule has 0 radical (unpaired) electrons.